The highest BCUT2D eigenvalue weighted by molar-refractivity contribution is 7.99. The van der Waals surface area contributed by atoms with Crippen molar-refractivity contribution in [1.82, 2.24) is 14.8 Å². The van der Waals surface area contributed by atoms with Gasteiger partial charge >= 0.3 is 0 Å². The monoisotopic (exact) mass is 464 g/mol. The summed E-state index contributed by atoms with van der Waals surface area (Å²) in [6, 6.07) is 16.0. The Balaban J connectivity index is 1.61. The molecule has 174 valence electrons. The van der Waals surface area contributed by atoms with Crippen molar-refractivity contribution in [2.75, 3.05) is 11.1 Å². The van der Waals surface area contributed by atoms with Gasteiger partial charge in [-0.25, -0.2) is 0 Å². The number of carbonyl (C=O) groups excluding carboxylic acids is 1. The molecule has 0 radical (unpaired) electrons. The van der Waals surface area contributed by atoms with Crippen molar-refractivity contribution in [3.63, 3.8) is 0 Å². The van der Waals surface area contributed by atoms with Crippen LogP contribution in [0.4, 0.5) is 5.69 Å². The maximum atomic E-state index is 12.5. The lowest BCUT2D eigenvalue weighted by Crippen LogP contribution is -2.16. The highest BCUT2D eigenvalue weighted by Gasteiger charge is 2.16. The number of aryl methyl sites for hydroxylation is 1. The molecule has 0 unspecified atom stereocenters. The van der Waals surface area contributed by atoms with Crippen LogP contribution in [0.15, 0.2) is 66.3 Å². The van der Waals surface area contributed by atoms with E-state index in [4.69, 9.17) is 4.74 Å². The van der Waals surface area contributed by atoms with E-state index in [1.165, 1.54) is 17.3 Å². The Bertz CT molecular complexity index is 1080. The number of hydrogen-bond acceptors (Lipinski definition) is 5. The number of thioether (sulfide) groups is 1. The van der Waals surface area contributed by atoms with E-state index in [9.17, 15) is 4.79 Å². The number of nitrogens with one attached hydrogen (secondary N) is 1. The fourth-order valence-corrected chi connectivity index (χ4v) is 4.08. The fraction of sp³-hybridized carbons (Fsp3) is 0.346. The molecule has 0 aliphatic rings. The first-order valence-corrected chi connectivity index (χ1v) is 12.1. The predicted molar refractivity (Wildman–Crippen MR) is 135 cm³/mol. The molecule has 33 heavy (non-hydrogen) atoms. The number of para-hydroxylation sites is 1. The number of amides is 1. The molecule has 3 rings (SSSR count). The molecule has 0 atom stereocenters. The molecule has 2 aromatic carbocycles. The predicted octanol–water partition coefficient (Wildman–Crippen LogP) is 5.63. The number of allylic oxidation sites excluding steroid dienone is 1. The topological polar surface area (TPSA) is 69.0 Å². The lowest BCUT2D eigenvalue weighted by molar-refractivity contribution is -0.113. The van der Waals surface area contributed by atoms with E-state index in [-0.39, 0.29) is 23.7 Å². The van der Waals surface area contributed by atoms with E-state index < -0.39 is 0 Å². The van der Waals surface area contributed by atoms with Crippen LogP contribution < -0.4 is 10.1 Å². The molecule has 1 aromatic heterocycles. The third kappa shape index (κ3) is 6.71. The Morgan fingerprint density at radius 2 is 1.88 bits per heavy atom. The van der Waals surface area contributed by atoms with Crippen LogP contribution in [0.25, 0.3) is 0 Å². The SMILES string of the molecule is C=CCn1c(COc2ccc(C(C)(C)C)cc2)nnc1SCC(=O)Nc1ccccc1CC. The minimum absolute atomic E-state index is 0.0780. The summed E-state index contributed by atoms with van der Waals surface area (Å²) in [5, 5.41) is 12.2. The minimum Gasteiger partial charge on any atom is -0.486 e. The van der Waals surface area contributed by atoms with Gasteiger partial charge in [-0.05, 0) is 41.2 Å². The Labute approximate surface area is 200 Å². The van der Waals surface area contributed by atoms with E-state index in [1.807, 2.05) is 41.0 Å². The summed E-state index contributed by atoms with van der Waals surface area (Å²) in [4.78, 5) is 12.5. The summed E-state index contributed by atoms with van der Waals surface area (Å²) in [6.45, 7) is 13.3. The highest BCUT2D eigenvalue weighted by Crippen LogP contribution is 2.25. The number of rotatable bonds is 10. The molecule has 3 aromatic rings. The van der Waals surface area contributed by atoms with E-state index in [0.29, 0.717) is 17.5 Å². The Hall–Kier alpha value is -3.06. The van der Waals surface area contributed by atoms with Crippen molar-refractivity contribution in [2.45, 2.75) is 57.8 Å². The first-order chi connectivity index (χ1) is 15.8. The average Bonchev–Trinajstić information content (AvgIpc) is 3.18. The molecule has 7 heteroatoms. The Morgan fingerprint density at radius 1 is 1.15 bits per heavy atom. The molecule has 1 N–H and O–H groups in total. The Kier molecular flexibility index (Phi) is 8.33. The van der Waals surface area contributed by atoms with Gasteiger partial charge in [-0.2, -0.15) is 0 Å². The summed E-state index contributed by atoms with van der Waals surface area (Å²) in [7, 11) is 0. The van der Waals surface area contributed by atoms with Gasteiger partial charge in [0.25, 0.3) is 0 Å². The number of carbonyl (C=O) groups is 1. The smallest absolute Gasteiger partial charge is 0.234 e. The lowest BCUT2D eigenvalue weighted by Gasteiger charge is -2.19. The second-order valence-corrected chi connectivity index (χ2v) is 9.65. The third-order valence-corrected chi connectivity index (χ3v) is 6.16. The Morgan fingerprint density at radius 3 is 2.55 bits per heavy atom. The quantitative estimate of drug-likeness (QED) is 0.311. The second kappa shape index (κ2) is 11.2. The van der Waals surface area contributed by atoms with Crippen LogP contribution in [-0.4, -0.2) is 26.4 Å². The van der Waals surface area contributed by atoms with Crippen LogP contribution in [0.5, 0.6) is 5.75 Å². The number of anilines is 1. The molecule has 0 saturated carbocycles. The van der Waals surface area contributed by atoms with Gasteiger partial charge in [-0.15, -0.1) is 16.8 Å². The maximum absolute atomic E-state index is 12.5. The van der Waals surface area contributed by atoms with Gasteiger partial charge in [0.05, 0.1) is 5.75 Å². The zero-order chi connectivity index (χ0) is 23.8. The van der Waals surface area contributed by atoms with Crippen LogP contribution in [0, 0.1) is 0 Å². The third-order valence-electron chi connectivity index (χ3n) is 5.20. The van der Waals surface area contributed by atoms with E-state index >= 15 is 0 Å². The van der Waals surface area contributed by atoms with Gasteiger partial charge in [0.1, 0.15) is 12.4 Å². The lowest BCUT2D eigenvalue weighted by atomic mass is 9.87. The summed E-state index contributed by atoms with van der Waals surface area (Å²) in [6.07, 6.45) is 2.64. The van der Waals surface area contributed by atoms with E-state index in [2.05, 4.69) is 61.9 Å². The average molecular weight is 465 g/mol. The molecule has 0 fully saturated rings. The summed E-state index contributed by atoms with van der Waals surface area (Å²) >= 11 is 1.35. The molecule has 0 aliphatic heterocycles. The first-order valence-electron chi connectivity index (χ1n) is 11.1. The standard InChI is InChI=1S/C26H32N4O2S/c1-6-16-30-23(17-32-21-14-12-20(13-15-21)26(3,4)5)28-29-25(30)33-18-24(31)27-22-11-9-8-10-19(22)7-2/h6,8-15H,1,7,16-18H2,2-5H3,(H,27,31). The number of nitrogens with zero attached hydrogens (tertiary/aromatic N) is 3. The molecule has 1 amide bonds. The van der Waals surface area contributed by atoms with Crippen LogP contribution in [-0.2, 0) is 29.8 Å². The minimum atomic E-state index is -0.0780. The highest BCUT2D eigenvalue weighted by atomic mass is 32.2. The number of benzene rings is 2. The van der Waals surface area contributed by atoms with Gasteiger partial charge < -0.3 is 10.1 Å². The van der Waals surface area contributed by atoms with Crippen molar-refractivity contribution < 1.29 is 9.53 Å². The van der Waals surface area contributed by atoms with Crippen LogP contribution in [0.3, 0.4) is 0 Å². The van der Waals surface area contributed by atoms with Crippen LogP contribution >= 0.6 is 11.8 Å². The first kappa shape index (κ1) is 24.6. The van der Waals surface area contributed by atoms with E-state index in [0.717, 1.165) is 23.4 Å². The van der Waals surface area contributed by atoms with E-state index in [1.54, 1.807) is 6.08 Å². The fourth-order valence-electron chi connectivity index (χ4n) is 3.31. The van der Waals surface area contributed by atoms with Crippen molar-refractivity contribution in [1.29, 1.82) is 0 Å². The van der Waals surface area contributed by atoms with Crippen molar-refractivity contribution in [3.8, 4) is 5.75 Å². The van der Waals surface area contributed by atoms with Crippen molar-refractivity contribution in [2.24, 2.45) is 0 Å². The van der Waals surface area contributed by atoms with Crippen molar-refractivity contribution in [3.05, 3.63) is 78.1 Å². The molecular weight excluding hydrogens is 432 g/mol. The zero-order valence-corrected chi connectivity index (χ0v) is 20.6. The zero-order valence-electron chi connectivity index (χ0n) is 19.8. The van der Waals surface area contributed by atoms with Gasteiger partial charge in [-0.3, -0.25) is 9.36 Å². The number of aromatic nitrogens is 3. The summed E-state index contributed by atoms with van der Waals surface area (Å²) < 4.78 is 7.87. The van der Waals surface area contributed by atoms with Crippen molar-refractivity contribution >= 4 is 23.4 Å². The van der Waals surface area contributed by atoms with Crippen LogP contribution in [0.2, 0.25) is 0 Å². The van der Waals surface area contributed by atoms with Gasteiger partial charge in [0.2, 0.25) is 5.91 Å². The molecule has 0 aliphatic carbocycles. The van der Waals surface area contributed by atoms with Gasteiger partial charge in [0.15, 0.2) is 11.0 Å². The van der Waals surface area contributed by atoms with Gasteiger partial charge in [-0.1, -0.05) is 75.9 Å². The molecule has 6 nitrogen and oxygen atoms in total. The number of hydrogen-bond donors (Lipinski definition) is 1. The largest absolute Gasteiger partial charge is 0.486 e. The molecule has 1 heterocycles. The molecular formula is C26H32N4O2S. The van der Waals surface area contributed by atoms with Crippen LogP contribution in [0.1, 0.15) is 44.6 Å². The summed E-state index contributed by atoms with van der Waals surface area (Å²) in [5.41, 5.74) is 3.31. The second-order valence-electron chi connectivity index (χ2n) is 8.71. The van der Waals surface area contributed by atoms with Gasteiger partial charge in [0, 0.05) is 12.2 Å². The number of ether oxygens (including phenoxy) is 1. The normalized spacial score (nSPS) is 11.3. The maximum Gasteiger partial charge on any atom is 0.234 e. The molecule has 0 bridgehead atoms. The summed E-state index contributed by atoms with van der Waals surface area (Å²) in [5.74, 6) is 1.63. The molecule has 0 saturated heterocycles. The molecule has 0 spiro atoms.